The quantitative estimate of drug-likeness (QED) is 0.467. The molecule has 6 nitrogen and oxygen atoms in total. The first-order valence-corrected chi connectivity index (χ1v) is 10.9. The summed E-state index contributed by atoms with van der Waals surface area (Å²) in [5.41, 5.74) is 3.51. The lowest BCUT2D eigenvalue weighted by atomic mass is 10.0. The van der Waals surface area contributed by atoms with Gasteiger partial charge in [-0.2, -0.15) is 0 Å². The maximum Gasteiger partial charge on any atom is 0.224 e. The lowest BCUT2D eigenvalue weighted by Gasteiger charge is -2.29. The van der Waals surface area contributed by atoms with Crippen molar-refractivity contribution in [2.75, 3.05) is 23.4 Å². The molecule has 3 rings (SSSR count). The third-order valence-electron chi connectivity index (χ3n) is 5.43. The average molecular weight is 423 g/mol. The number of unbranched alkanes of at least 4 members (excludes halogenated alkanes) is 1. The molecule has 1 N–H and O–H groups in total. The van der Waals surface area contributed by atoms with Crippen LogP contribution in [0.3, 0.4) is 0 Å². The van der Waals surface area contributed by atoms with Crippen molar-refractivity contribution in [2.24, 2.45) is 0 Å². The molecule has 0 spiro atoms. The molecule has 0 bridgehead atoms. The molecule has 0 saturated heterocycles. The summed E-state index contributed by atoms with van der Waals surface area (Å²) in [6.07, 6.45) is 4.24. The van der Waals surface area contributed by atoms with E-state index in [0.717, 1.165) is 54.9 Å². The number of anilines is 2. The van der Waals surface area contributed by atoms with Gasteiger partial charge in [0, 0.05) is 43.2 Å². The minimum Gasteiger partial charge on any atom is -0.494 e. The fraction of sp³-hybridized carbons (Fsp3) is 0.400. The summed E-state index contributed by atoms with van der Waals surface area (Å²) in [5.74, 6) is 0.866. The van der Waals surface area contributed by atoms with Crippen LogP contribution in [-0.4, -0.2) is 30.7 Å². The fourth-order valence-corrected chi connectivity index (χ4v) is 3.74. The monoisotopic (exact) mass is 422 g/mol. The predicted octanol–water partition coefficient (Wildman–Crippen LogP) is 4.77. The first-order valence-electron chi connectivity index (χ1n) is 10.9. The number of fused-ring (bicyclic) bond motifs is 1. The van der Waals surface area contributed by atoms with Crippen molar-refractivity contribution < 1.29 is 19.1 Å². The van der Waals surface area contributed by atoms with Crippen LogP contribution in [0.25, 0.3) is 0 Å². The van der Waals surface area contributed by atoms with Gasteiger partial charge >= 0.3 is 0 Å². The van der Waals surface area contributed by atoms with Gasteiger partial charge in [-0.3, -0.25) is 14.4 Å². The second kappa shape index (κ2) is 10.8. The number of rotatable bonds is 9. The number of carbonyl (C=O) groups is 3. The van der Waals surface area contributed by atoms with Crippen LogP contribution in [0.15, 0.2) is 42.5 Å². The molecule has 0 unspecified atom stereocenters. The number of ketones is 1. The van der Waals surface area contributed by atoms with E-state index in [1.807, 2.05) is 25.1 Å². The molecule has 0 atom stereocenters. The van der Waals surface area contributed by atoms with E-state index in [4.69, 9.17) is 4.74 Å². The van der Waals surface area contributed by atoms with Gasteiger partial charge < -0.3 is 15.0 Å². The van der Waals surface area contributed by atoms with Crippen molar-refractivity contribution in [1.82, 2.24) is 0 Å². The van der Waals surface area contributed by atoms with Crippen LogP contribution in [0.4, 0.5) is 11.4 Å². The number of hydrogen-bond donors (Lipinski definition) is 1. The second-order valence-corrected chi connectivity index (χ2v) is 7.77. The number of nitrogens with one attached hydrogen (secondary N) is 1. The fourth-order valence-electron chi connectivity index (χ4n) is 3.74. The Bertz CT molecular complexity index is 937. The number of amides is 2. The molecular weight excluding hydrogens is 392 g/mol. The predicted molar refractivity (Wildman–Crippen MR) is 122 cm³/mol. The molecule has 0 fully saturated rings. The Hall–Kier alpha value is -3.15. The summed E-state index contributed by atoms with van der Waals surface area (Å²) in [6.45, 7) is 4.69. The zero-order valence-corrected chi connectivity index (χ0v) is 18.3. The Morgan fingerprint density at radius 3 is 2.55 bits per heavy atom. The Labute approximate surface area is 183 Å². The number of ether oxygens (including phenoxy) is 1. The number of nitrogens with zero attached hydrogens (tertiary/aromatic N) is 1. The van der Waals surface area contributed by atoms with Gasteiger partial charge in [0.05, 0.1) is 6.61 Å². The molecule has 2 aromatic rings. The normalized spacial score (nSPS) is 12.8. The average Bonchev–Trinajstić information content (AvgIpc) is 2.78. The van der Waals surface area contributed by atoms with Crippen molar-refractivity contribution in [3.63, 3.8) is 0 Å². The van der Waals surface area contributed by atoms with E-state index in [-0.39, 0.29) is 17.6 Å². The molecule has 0 aromatic heterocycles. The van der Waals surface area contributed by atoms with E-state index in [1.165, 1.54) is 0 Å². The highest BCUT2D eigenvalue weighted by Crippen LogP contribution is 2.29. The SMILES string of the molecule is CCC(=O)c1ccc(OCCCCC(=O)Nc2ccc3c(c2)CCCN3C(C)=O)cc1. The minimum absolute atomic E-state index is 0.0263. The van der Waals surface area contributed by atoms with Gasteiger partial charge in [0.15, 0.2) is 5.78 Å². The van der Waals surface area contributed by atoms with Gasteiger partial charge in [0.1, 0.15) is 5.75 Å². The topological polar surface area (TPSA) is 75.7 Å². The molecule has 164 valence electrons. The van der Waals surface area contributed by atoms with Crippen LogP contribution < -0.4 is 15.0 Å². The van der Waals surface area contributed by atoms with E-state index in [1.54, 1.807) is 36.1 Å². The number of aryl methyl sites for hydroxylation is 1. The van der Waals surface area contributed by atoms with Gasteiger partial charge in [-0.05, 0) is 73.7 Å². The van der Waals surface area contributed by atoms with Crippen molar-refractivity contribution in [3.8, 4) is 5.75 Å². The van der Waals surface area contributed by atoms with E-state index in [9.17, 15) is 14.4 Å². The zero-order chi connectivity index (χ0) is 22.2. The van der Waals surface area contributed by atoms with Crippen LogP contribution >= 0.6 is 0 Å². The highest BCUT2D eigenvalue weighted by Gasteiger charge is 2.20. The second-order valence-electron chi connectivity index (χ2n) is 7.77. The largest absolute Gasteiger partial charge is 0.494 e. The van der Waals surface area contributed by atoms with Gasteiger partial charge in [0.25, 0.3) is 0 Å². The summed E-state index contributed by atoms with van der Waals surface area (Å²) >= 11 is 0. The number of benzene rings is 2. The van der Waals surface area contributed by atoms with Crippen LogP contribution in [-0.2, 0) is 16.0 Å². The van der Waals surface area contributed by atoms with Crippen LogP contribution in [0.1, 0.15) is 61.9 Å². The lowest BCUT2D eigenvalue weighted by Crippen LogP contribution is -2.33. The summed E-state index contributed by atoms with van der Waals surface area (Å²) in [7, 11) is 0. The Kier molecular flexibility index (Phi) is 7.82. The maximum absolute atomic E-state index is 12.3. The summed E-state index contributed by atoms with van der Waals surface area (Å²) in [6, 6.07) is 12.9. The molecule has 2 aromatic carbocycles. The molecule has 1 heterocycles. The molecule has 31 heavy (non-hydrogen) atoms. The third kappa shape index (κ3) is 6.17. The molecule has 1 aliphatic rings. The van der Waals surface area contributed by atoms with Crippen molar-refractivity contribution in [3.05, 3.63) is 53.6 Å². The molecule has 0 saturated carbocycles. The summed E-state index contributed by atoms with van der Waals surface area (Å²) < 4.78 is 5.69. The van der Waals surface area contributed by atoms with E-state index >= 15 is 0 Å². The van der Waals surface area contributed by atoms with Crippen molar-refractivity contribution >= 4 is 29.0 Å². The summed E-state index contributed by atoms with van der Waals surface area (Å²) in [5, 5.41) is 2.95. The van der Waals surface area contributed by atoms with Crippen molar-refractivity contribution in [2.45, 2.75) is 52.4 Å². The molecule has 0 aliphatic carbocycles. The molecule has 6 heteroatoms. The highest BCUT2D eigenvalue weighted by molar-refractivity contribution is 5.96. The van der Waals surface area contributed by atoms with E-state index in [2.05, 4.69) is 5.32 Å². The van der Waals surface area contributed by atoms with Crippen LogP contribution in [0.2, 0.25) is 0 Å². The molecule has 0 radical (unpaired) electrons. The van der Waals surface area contributed by atoms with Gasteiger partial charge in [-0.15, -0.1) is 0 Å². The van der Waals surface area contributed by atoms with Crippen LogP contribution in [0.5, 0.6) is 5.75 Å². The van der Waals surface area contributed by atoms with Crippen molar-refractivity contribution in [1.29, 1.82) is 0 Å². The molecule has 1 aliphatic heterocycles. The third-order valence-corrected chi connectivity index (χ3v) is 5.43. The highest BCUT2D eigenvalue weighted by atomic mass is 16.5. The summed E-state index contributed by atoms with van der Waals surface area (Å²) in [4.78, 5) is 37.5. The lowest BCUT2D eigenvalue weighted by molar-refractivity contribution is -0.117. The number of Topliss-reactive ketones (excluding diaryl/α,β-unsaturated/α-hetero) is 1. The maximum atomic E-state index is 12.3. The van der Waals surface area contributed by atoms with Gasteiger partial charge in [0.2, 0.25) is 11.8 Å². The van der Waals surface area contributed by atoms with E-state index in [0.29, 0.717) is 25.0 Å². The standard InChI is InChI=1S/C25H30N2O4/c1-3-24(29)19-9-12-22(13-10-19)31-16-5-4-8-25(30)26-21-11-14-23-20(17-21)7-6-15-27(23)18(2)28/h9-14,17H,3-8,15-16H2,1-2H3,(H,26,30). The smallest absolute Gasteiger partial charge is 0.224 e. The number of hydrogen-bond acceptors (Lipinski definition) is 4. The Morgan fingerprint density at radius 2 is 1.84 bits per heavy atom. The Morgan fingerprint density at radius 1 is 1.06 bits per heavy atom. The van der Waals surface area contributed by atoms with Gasteiger partial charge in [-0.25, -0.2) is 0 Å². The first kappa shape index (κ1) is 22.5. The molecular formula is C25H30N2O4. The molecule has 2 amide bonds. The van der Waals surface area contributed by atoms with Crippen LogP contribution in [0, 0.1) is 0 Å². The Balaban J connectivity index is 1.40. The van der Waals surface area contributed by atoms with E-state index < -0.39 is 0 Å². The van der Waals surface area contributed by atoms with Gasteiger partial charge in [-0.1, -0.05) is 6.92 Å². The minimum atomic E-state index is -0.0263. The zero-order valence-electron chi connectivity index (χ0n) is 18.3. The first-order chi connectivity index (χ1) is 15.0. The number of carbonyl (C=O) groups excluding carboxylic acids is 3.